The van der Waals surface area contributed by atoms with Gasteiger partial charge >= 0.3 is 5.97 Å². The fourth-order valence-corrected chi connectivity index (χ4v) is 3.72. The number of ketones is 3. The van der Waals surface area contributed by atoms with E-state index in [1.165, 1.54) is 31.4 Å². The number of methoxy groups -OCH3 is 1. The van der Waals surface area contributed by atoms with E-state index < -0.39 is 35.0 Å². The van der Waals surface area contributed by atoms with Crippen molar-refractivity contribution in [3.8, 4) is 0 Å². The molecule has 0 fully saturated rings. The fourth-order valence-electron chi connectivity index (χ4n) is 3.72. The number of carbonyl (C=O) groups excluding carboxylic acids is 5. The van der Waals surface area contributed by atoms with Gasteiger partial charge in [-0.2, -0.15) is 0 Å². The number of para-hydroxylation sites is 2. The van der Waals surface area contributed by atoms with Crippen molar-refractivity contribution in [2.45, 2.75) is 0 Å². The molecule has 0 saturated heterocycles. The molecule has 37 heavy (non-hydrogen) atoms. The standard InChI is InChI=1S/C28H20N2O7/c1-37-28(36)19-11-5-7-13-21(19)30-27(35)25(33)15-23(31)18-10-4-6-12-20(18)29-22-14-24(32)26(34)17-9-3-2-8-16(17)22/h2-15,29,31H,1H3,(H,30,35)/b23-15-. The van der Waals surface area contributed by atoms with Crippen molar-refractivity contribution in [3.05, 3.63) is 107 Å². The quantitative estimate of drug-likeness (QED) is 0.194. The first-order valence-corrected chi connectivity index (χ1v) is 11.0. The Hall–Kier alpha value is -5.31. The normalized spacial score (nSPS) is 12.8. The first kappa shape index (κ1) is 24.8. The summed E-state index contributed by atoms with van der Waals surface area (Å²) in [6, 6.07) is 19.0. The lowest BCUT2D eigenvalue weighted by Gasteiger charge is -2.19. The third kappa shape index (κ3) is 5.20. The number of rotatable bonds is 7. The Morgan fingerprint density at radius 1 is 0.811 bits per heavy atom. The van der Waals surface area contributed by atoms with Crippen molar-refractivity contribution >= 4 is 52.1 Å². The second kappa shape index (κ2) is 10.5. The van der Waals surface area contributed by atoms with Gasteiger partial charge < -0.3 is 20.5 Å². The van der Waals surface area contributed by atoms with Crippen LogP contribution in [0.1, 0.15) is 31.8 Å². The molecule has 0 spiro atoms. The smallest absolute Gasteiger partial charge is 0.339 e. The molecule has 1 aliphatic carbocycles. The molecular weight excluding hydrogens is 476 g/mol. The van der Waals surface area contributed by atoms with Gasteiger partial charge in [0.25, 0.3) is 5.91 Å². The molecule has 0 heterocycles. The van der Waals surface area contributed by atoms with E-state index in [4.69, 9.17) is 0 Å². The minimum Gasteiger partial charge on any atom is -0.507 e. The Balaban J connectivity index is 1.58. The molecule has 0 saturated carbocycles. The first-order chi connectivity index (χ1) is 17.8. The first-order valence-electron chi connectivity index (χ1n) is 11.0. The number of hydrogen-bond donors (Lipinski definition) is 3. The number of ether oxygens (including phenoxy) is 1. The van der Waals surface area contributed by atoms with Gasteiger partial charge in [-0.05, 0) is 24.3 Å². The maximum atomic E-state index is 12.5. The molecule has 3 aromatic rings. The lowest BCUT2D eigenvalue weighted by atomic mass is 9.92. The molecule has 0 bridgehead atoms. The summed E-state index contributed by atoms with van der Waals surface area (Å²) in [5.74, 6) is -4.69. The van der Waals surface area contributed by atoms with Crippen LogP contribution in [0, 0.1) is 0 Å². The van der Waals surface area contributed by atoms with Crippen LogP contribution < -0.4 is 10.6 Å². The van der Waals surface area contributed by atoms with Crippen LogP contribution in [-0.2, 0) is 19.1 Å². The number of esters is 1. The van der Waals surface area contributed by atoms with E-state index in [-0.39, 0.29) is 22.4 Å². The summed E-state index contributed by atoms with van der Waals surface area (Å²) in [6.07, 6.45) is 1.91. The number of nitrogens with one attached hydrogen (secondary N) is 2. The minimum atomic E-state index is -1.08. The van der Waals surface area contributed by atoms with Gasteiger partial charge in [-0.15, -0.1) is 0 Å². The van der Waals surface area contributed by atoms with Gasteiger partial charge in [-0.25, -0.2) is 4.79 Å². The fraction of sp³-hybridized carbons (Fsp3) is 0.0357. The topological polar surface area (TPSA) is 139 Å². The van der Waals surface area contributed by atoms with Crippen LogP contribution >= 0.6 is 0 Å². The lowest BCUT2D eigenvalue weighted by molar-refractivity contribution is -0.131. The SMILES string of the molecule is COC(=O)c1ccccc1NC(=O)C(=O)/C=C(\O)c1ccccc1NC1=CC(=O)C(=O)c2ccccc21. The van der Waals surface area contributed by atoms with E-state index >= 15 is 0 Å². The molecule has 0 atom stereocenters. The number of carbonyl (C=O) groups is 5. The highest BCUT2D eigenvalue weighted by Crippen LogP contribution is 2.30. The monoisotopic (exact) mass is 496 g/mol. The third-order valence-electron chi connectivity index (χ3n) is 5.51. The third-order valence-corrected chi connectivity index (χ3v) is 5.51. The number of Topliss-reactive ketones (excluding diaryl/α,β-unsaturated/α-hetero) is 1. The Morgan fingerprint density at radius 2 is 1.41 bits per heavy atom. The summed E-state index contributed by atoms with van der Waals surface area (Å²) in [5, 5.41) is 16.1. The van der Waals surface area contributed by atoms with Crippen LogP contribution in [0.25, 0.3) is 11.5 Å². The molecule has 0 radical (unpaired) electrons. The Labute approximate surface area is 211 Å². The van der Waals surface area contributed by atoms with Crippen LogP contribution in [0.3, 0.4) is 0 Å². The van der Waals surface area contributed by atoms with Gasteiger partial charge in [0.15, 0.2) is 0 Å². The predicted molar refractivity (Wildman–Crippen MR) is 136 cm³/mol. The van der Waals surface area contributed by atoms with Crippen molar-refractivity contribution in [2.24, 2.45) is 0 Å². The molecule has 3 N–H and O–H groups in total. The Morgan fingerprint density at radius 3 is 2.11 bits per heavy atom. The maximum absolute atomic E-state index is 12.5. The van der Waals surface area contributed by atoms with E-state index in [2.05, 4.69) is 15.4 Å². The molecule has 0 aliphatic heterocycles. The molecule has 4 rings (SSSR count). The van der Waals surface area contributed by atoms with Gasteiger partial charge in [0.2, 0.25) is 17.3 Å². The Kier molecular flexibility index (Phi) is 7.06. The van der Waals surface area contributed by atoms with E-state index in [0.29, 0.717) is 16.9 Å². The molecule has 0 unspecified atom stereocenters. The largest absolute Gasteiger partial charge is 0.507 e. The highest BCUT2D eigenvalue weighted by atomic mass is 16.5. The van der Waals surface area contributed by atoms with E-state index in [1.807, 2.05) is 0 Å². The van der Waals surface area contributed by atoms with Gasteiger partial charge in [0.1, 0.15) is 5.76 Å². The summed E-state index contributed by atoms with van der Waals surface area (Å²) < 4.78 is 4.67. The second-order valence-electron chi connectivity index (χ2n) is 7.85. The molecule has 9 nitrogen and oxygen atoms in total. The number of amides is 1. The highest BCUT2D eigenvalue weighted by Gasteiger charge is 2.26. The van der Waals surface area contributed by atoms with Crippen molar-refractivity contribution in [3.63, 3.8) is 0 Å². The van der Waals surface area contributed by atoms with Crippen LogP contribution in [0.2, 0.25) is 0 Å². The van der Waals surface area contributed by atoms with E-state index in [1.54, 1.807) is 54.6 Å². The molecule has 184 valence electrons. The van der Waals surface area contributed by atoms with Gasteiger partial charge in [0, 0.05) is 34.5 Å². The average molecular weight is 496 g/mol. The van der Waals surface area contributed by atoms with Crippen molar-refractivity contribution in [1.29, 1.82) is 0 Å². The summed E-state index contributed by atoms with van der Waals surface area (Å²) in [5.41, 5.74) is 1.71. The summed E-state index contributed by atoms with van der Waals surface area (Å²) >= 11 is 0. The molecule has 3 aromatic carbocycles. The van der Waals surface area contributed by atoms with Crippen molar-refractivity contribution in [1.82, 2.24) is 0 Å². The van der Waals surface area contributed by atoms with Crippen LogP contribution in [-0.4, -0.2) is 41.4 Å². The number of hydrogen-bond acceptors (Lipinski definition) is 8. The van der Waals surface area contributed by atoms with Crippen LogP contribution in [0.4, 0.5) is 11.4 Å². The average Bonchev–Trinajstić information content (AvgIpc) is 2.91. The lowest BCUT2D eigenvalue weighted by Crippen LogP contribution is -2.23. The number of benzene rings is 3. The predicted octanol–water partition coefficient (Wildman–Crippen LogP) is 3.80. The zero-order valence-corrected chi connectivity index (χ0v) is 19.5. The van der Waals surface area contributed by atoms with E-state index in [9.17, 15) is 29.1 Å². The highest BCUT2D eigenvalue weighted by molar-refractivity contribution is 6.50. The van der Waals surface area contributed by atoms with Crippen molar-refractivity contribution < 1.29 is 33.8 Å². The van der Waals surface area contributed by atoms with E-state index in [0.717, 1.165) is 6.08 Å². The zero-order valence-electron chi connectivity index (χ0n) is 19.5. The molecular formula is C28H20N2O7. The maximum Gasteiger partial charge on any atom is 0.339 e. The van der Waals surface area contributed by atoms with Gasteiger partial charge in [-0.3, -0.25) is 19.2 Å². The number of aliphatic hydroxyl groups excluding tert-OH is 1. The van der Waals surface area contributed by atoms with Gasteiger partial charge in [-0.1, -0.05) is 48.5 Å². The number of aliphatic hydroxyl groups is 1. The van der Waals surface area contributed by atoms with Gasteiger partial charge in [0.05, 0.1) is 24.1 Å². The summed E-state index contributed by atoms with van der Waals surface area (Å²) in [4.78, 5) is 61.3. The number of fused-ring (bicyclic) bond motifs is 1. The molecule has 9 heteroatoms. The van der Waals surface area contributed by atoms with Crippen LogP contribution in [0.15, 0.2) is 84.9 Å². The zero-order chi connectivity index (χ0) is 26.5. The number of anilines is 2. The summed E-state index contributed by atoms with van der Waals surface area (Å²) in [6.45, 7) is 0. The minimum absolute atomic E-state index is 0.0583. The molecule has 1 amide bonds. The van der Waals surface area contributed by atoms with Crippen molar-refractivity contribution in [2.75, 3.05) is 17.7 Å². The Bertz CT molecular complexity index is 1520. The number of allylic oxidation sites excluding steroid dienone is 1. The molecule has 1 aliphatic rings. The second-order valence-corrected chi connectivity index (χ2v) is 7.85. The molecule has 0 aromatic heterocycles. The van der Waals surface area contributed by atoms with Crippen LogP contribution in [0.5, 0.6) is 0 Å². The summed E-state index contributed by atoms with van der Waals surface area (Å²) in [7, 11) is 1.19.